The van der Waals surface area contributed by atoms with Crippen LogP contribution in [0.25, 0.3) is 0 Å². The van der Waals surface area contributed by atoms with Crippen LogP contribution >= 0.6 is 54.8 Å². The quantitative estimate of drug-likeness (QED) is 0.692. The molecule has 0 atom stereocenters. The third-order valence-electron chi connectivity index (χ3n) is 2.08. The third kappa shape index (κ3) is 3.06. The van der Waals surface area contributed by atoms with E-state index < -0.39 is 0 Å². The Hall–Kier alpha value is -0.560. The summed E-state index contributed by atoms with van der Waals surface area (Å²) in [5.74, 6) is -0.327. The van der Waals surface area contributed by atoms with E-state index in [2.05, 4.69) is 37.2 Å². The molecule has 1 heterocycles. The number of phenols is 1. The summed E-state index contributed by atoms with van der Waals surface area (Å²) in [6, 6.07) is 6.17. The van der Waals surface area contributed by atoms with Crippen LogP contribution in [-0.4, -0.2) is 11.0 Å². The fourth-order valence-corrected chi connectivity index (χ4v) is 3.35. The number of rotatable bonds is 2. The maximum absolute atomic E-state index is 11.9. The normalized spacial score (nSPS) is 10.4. The minimum atomic E-state index is -0.302. The Morgan fingerprint density at radius 1 is 1.33 bits per heavy atom. The van der Waals surface area contributed by atoms with Gasteiger partial charge in [0.1, 0.15) is 5.75 Å². The van der Waals surface area contributed by atoms with Crippen LogP contribution in [0, 0.1) is 0 Å². The maximum atomic E-state index is 11.9. The molecule has 0 aliphatic rings. The average Bonchev–Trinajstić information content (AvgIpc) is 2.64. The summed E-state index contributed by atoms with van der Waals surface area (Å²) < 4.78 is 1.65. The number of thiophene rings is 1. The minimum Gasteiger partial charge on any atom is -0.506 e. The van der Waals surface area contributed by atoms with E-state index in [0.29, 0.717) is 9.90 Å². The van der Waals surface area contributed by atoms with E-state index in [4.69, 9.17) is 11.6 Å². The number of nitrogens with one attached hydrogen (secondary N) is 1. The molecule has 0 spiro atoms. The number of carbonyl (C=O) groups excluding carboxylic acids is 1. The first-order valence-electron chi connectivity index (χ1n) is 4.72. The van der Waals surface area contributed by atoms with Crippen LogP contribution in [0.2, 0.25) is 5.02 Å². The van der Waals surface area contributed by atoms with Crippen molar-refractivity contribution in [1.82, 2.24) is 0 Å². The van der Waals surface area contributed by atoms with Gasteiger partial charge in [0.15, 0.2) is 0 Å². The van der Waals surface area contributed by atoms with Crippen LogP contribution in [0.5, 0.6) is 5.75 Å². The van der Waals surface area contributed by atoms with Crippen molar-refractivity contribution in [3.05, 3.63) is 42.4 Å². The van der Waals surface area contributed by atoms with Gasteiger partial charge in [-0.25, -0.2) is 0 Å². The first kappa shape index (κ1) is 13.9. The molecule has 2 aromatic rings. The van der Waals surface area contributed by atoms with Crippen LogP contribution in [0.4, 0.5) is 5.69 Å². The highest BCUT2D eigenvalue weighted by atomic mass is 79.9. The molecule has 18 heavy (non-hydrogen) atoms. The average molecular weight is 412 g/mol. The summed E-state index contributed by atoms with van der Waals surface area (Å²) in [5.41, 5.74) is 0.285. The topological polar surface area (TPSA) is 49.3 Å². The van der Waals surface area contributed by atoms with E-state index in [0.717, 1.165) is 8.26 Å². The zero-order valence-electron chi connectivity index (χ0n) is 8.71. The molecule has 3 nitrogen and oxygen atoms in total. The van der Waals surface area contributed by atoms with Crippen molar-refractivity contribution < 1.29 is 9.90 Å². The number of anilines is 1. The van der Waals surface area contributed by atoms with Crippen molar-refractivity contribution in [2.24, 2.45) is 0 Å². The van der Waals surface area contributed by atoms with Crippen molar-refractivity contribution in [3.63, 3.8) is 0 Å². The number of benzene rings is 1. The zero-order valence-corrected chi connectivity index (χ0v) is 13.5. The van der Waals surface area contributed by atoms with Crippen LogP contribution in [0.1, 0.15) is 9.67 Å². The van der Waals surface area contributed by atoms with Crippen LogP contribution in [-0.2, 0) is 0 Å². The number of halogens is 3. The van der Waals surface area contributed by atoms with Gasteiger partial charge in [0.2, 0.25) is 0 Å². The summed E-state index contributed by atoms with van der Waals surface area (Å²) in [6.07, 6.45) is 0. The van der Waals surface area contributed by atoms with Gasteiger partial charge in [-0.3, -0.25) is 4.79 Å². The number of aromatic hydroxyl groups is 1. The molecule has 1 aromatic heterocycles. The van der Waals surface area contributed by atoms with Gasteiger partial charge in [-0.2, -0.15) is 0 Å². The molecule has 2 rings (SSSR count). The Bertz CT molecular complexity index is 596. The molecule has 0 bridgehead atoms. The van der Waals surface area contributed by atoms with Crippen molar-refractivity contribution in [2.75, 3.05) is 5.32 Å². The number of phenolic OH excluding ortho intramolecular Hbond substituents is 1. The summed E-state index contributed by atoms with van der Waals surface area (Å²) in [4.78, 5) is 12.5. The van der Waals surface area contributed by atoms with E-state index in [1.807, 2.05) is 0 Å². The largest absolute Gasteiger partial charge is 0.506 e. The fourth-order valence-electron chi connectivity index (χ4n) is 1.25. The van der Waals surface area contributed by atoms with Gasteiger partial charge in [0.05, 0.1) is 14.4 Å². The lowest BCUT2D eigenvalue weighted by Crippen LogP contribution is -2.10. The smallest absolute Gasteiger partial charge is 0.265 e. The second-order valence-corrected chi connectivity index (χ2v) is 7.01. The molecule has 1 amide bonds. The molecule has 0 fully saturated rings. The van der Waals surface area contributed by atoms with Gasteiger partial charge >= 0.3 is 0 Å². The first-order valence-corrected chi connectivity index (χ1v) is 7.50. The van der Waals surface area contributed by atoms with Gasteiger partial charge in [-0.05, 0) is 56.1 Å². The molecule has 0 saturated heterocycles. The Balaban J connectivity index is 2.23. The first-order chi connectivity index (χ1) is 8.47. The standard InChI is InChI=1S/C11H6Br2ClNO2S/c12-6-4-9(18-10(6)13)11(17)15-7-3-5(14)1-2-8(7)16/h1-4,16H,(H,15,17). The van der Waals surface area contributed by atoms with E-state index >= 15 is 0 Å². The highest BCUT2D eigenvalue weighted by Gasteiger charge is 2.13. The fraction of sp³-hybridized carbons (Fsp3) is 0. The Kier molecular flexibility index (Phi) is 4.32. The number of hydrogen-bond acceptors (Lipinski definition) is 3. The molecule has 0 aliphatic carbocycles. The van der Waals surface area contributed by atoms with Crippen molar-refractivity contribution in [2.45, 2.75) is 0 Å². The Labute approximate surface area is 129 Å². The van der Waals surface area contributed by atoms with Gasteiger partial charge in [-0.1, -0.05) is 11.6 Å². The highest BCUT2D eigenvalue weighted by Crippen LogP contribution is 2.33. The summed E-state index contributed by atoms with van der Waals surface area (Å²) in [5, 5.41) is 12.6. The van der Waals surface area contributed by atoms with E-state index in [1.54, 1.807) is 12.1 Å². The molecule has 0 radical (unpaired) electrons. The number of amides is 1. The van der Waals surface area contributed by atoms with E-state index in [9.17, 15) is 9.90 Å². The SMILES string of the molecule is O=C(Nc1cc(Cl)ccc1O)c1cc(Br)c(Br)s1. The third-order valence-corrected chi connectivity index (χ3v) is 5.57. The number of hydrogen-bond donors (Lipinski definition) is 2. The minimum absolute atomic E-state index is 0.0255. The van der Waals surface area contributed by atoms with Crippen molar-refractivity contribution in [3.8, 4) is 5.75 Å². The van der Waals surface area contributed by atoms with Gasteiger partial charge in [-0.15, -0.1) is 11.3 Å². The molecule has 0 unspecified atom stereocenters. The second-order valence-electron chi connectivity index (χ2n) is 3.35. The van der Waals surface area contributed by atoms with Gasteiger partial charge in [0.25, 0.3) is 5.91 Å². The Morgan fingerprint density at radius 3 is 2.67 bits per heavy atom. The van der Waals surface area contributed by atoms with Crippen LogP contribution in [0.3, 0.4) is 0 Å². The predicted molar refractivity (Wildman–Crippen MR) is 80.8 cm³/mol. The van der Waals surface area contributed by atoms with Crippen LogP contribution < -0.4 is 5.32 Å². The lowest BCUT2D eigenvalue weighted by atomic mass is 10.3. The molecule has 7 heteroatoms. The molecule has 0 aliphatic heterocycles. The number of carbonyl (C=O) groups is 1. The lowest BCUT2D eigenvalue weighted by Gasteiger charge is -2.06. The highest BCUT2D eigenvalue weighted by molar-refractivity contribution is 9.13. The monoisotopic (exact) mass is 409 g/mol. The summed E-state index contributed by atoms with van der Waals surface area (Å²) >= 11 is 13.7. The van der Waals surface area contributed by atoms with Gasteiger partial charge in [0, 0.05) is 9.50 Å². The molecule has 94 valence electrons. The molecule has 1 aromatic carbocycles. The predicted octanol–water partition coefficient (Wildman–Crippen LogP) is 4.88. The Morgan fingerprint density at radius 2 is 2.06 bits per heavy atom. The summed E-state index contributed by atoms with van der Waals surface area (Å²) in [6.45, 7) is 0. The molecular weight excluding hydrogens is 405 g/mol. The van der Waals surface area contributed by atoms with E-state index in [-0.39, 0.29) is 17.3 Å². The summed E-state index contributed by atoms with van der Waals surface area (Å²) in [7, 11) is 0. The molecular formula is C11H6Br2ClNO2S. The maximum Gasteiger partial charge on any atom is 0.265 e. The second kappa shape index (κ2) is 5.61. The zero-order chi connectivity index (χ0) is 13.3. The van der Waals surface area contributed by atoms with E-state index in [1.165, 1.54) is 23.5 Å². The van der Waals surface area contributed by atoms with Crippen LogP contribution in [0.15, 0.2) is 32.5 Å². The van der Waals surface area contributed by atoms with Crippen molar-refractivity contribution >= 4 is 66.4 Å². The van der Waals surface area contributed by atoms with Crippen molar-refractivity contribution in [1.29, 1.82) is 0 Å². The van der Waals surface area contributed by atoms with Gasteiger partial charge < -0.3 is 10.4 Å². The molecule has 2 N–H and O–H groups in total. The molecule has 0 saturated carbocycles. The lowest BCUT2D eigenvalue weighted by molar-refractivity contribution is 0.103.